The number of hydrogen-bond donors (Lipinski definition) is 2. The third-order valence-corrected chi connectivity index (χ3v) is 8.02. The van der Waals surface area contributed by atoms with Crippen LogP contribution in [0.3, 0.4) is 0 Å². The Bertz CT molecular complexity index is 1740. The SMILES string of the molecule is COc1cc(C(=O)N2CC[C@H]3Oc4ccc(cc4)CNC(=O)COc4cccc(c4)-c4cc(ccc4OC)C(=O)N[C@@H]3C2)ccn1. The van der Waals surface area contributed by atoms with Gasteiger partial charge in [-0.25, -0.2) is 4.98 Å². The molecule has 0 radical (unpaired) electrons. The molecule has 46 heavy (non-hydrogen) atoms. The number of carbonyl (C=O) groups is 3. The molecule has 2 atom stereocenters. The first-order valence-corrected chi connectivity index (χ1v) is 14.9. The predicted octanol–water partition coefficient (Wildman–Crippen LogP) is 3.87. The lowest BCUT2D eigenvalue weighted by molar-refractivity contribution is -0.123. The van der Waals surface area contributed by atoms with Crippen LogP contribution in [0.25, 0.3) is 11.1 Å². The number of methoxy groups -OCH3 is 2. The largest absolute Gasteiger partial charge is 0.496 e. The number of likely N-dealkylation sites (tertiary alicyclic amines) is 1. The van der Waals surface area contributed by atoms with Gasteiger partial charge in [0, 0.05) is 55.0 Å². The maximum atomic E-state index is 13.8. The highest BCUT2D eigenvalue weighted by Crippen LogP contribution is 2.33. The molecule has 11 heteroatoms. The summed E-state index contributed by atoms with van der Waals surface area (Å²) in [4.78, 5) is 45.7. The number of benzene rings is 3. The van der Waals surface area contributed by atoms with Crippen molar-refractivity contribution in [3.05, 3.63) is 102 Å². The molecule has 4 heterocycles. The maximum absolute atomic E-state index is 13.8. The highest BCUT2D eigenvalue weighted by molar-refractivity contribution is 5.97. The molecular formula is C35H34N4O7. The molecule has 7 rings (SSSR count). The van der Waals surface area contributed by atoms with E-state index in [4.69, 9.17) is 18.9 Å². The molecule has 2 N–H and O–H groups in total. The van der Waals surface area contributed by atoms with Crippen LogP contribution >= 0.6 is 0 Å². The van der Waals surface area contributed by atoms with Crippen LogP contribution in [0.5, 0.6) is 23.1 Å². The fraction of sp³-hybridized carbons (Fsp3) is 0.257. The molecule has 4 aromatic rings. The van der Waals surface area contributed by atoms with Crippen molar-refractivity contribution in [3.8, 4) is 34.3 Å². The van der Waals surface area contributed by atoms with Gasteiger partial charge in [0.05, 0.1) is 20.3 Å². The van der Waals surface area contributed by atoms with Crippen LogP contribution < -0.4 is 29.6 Å². The molecule has 3 aliphatic rings. The zero-order valence-corrected chi connectivity index (χ0v) is 25.5. The van der Waals surface area contributed by atoms with E-state index < -0.39 is 12.1 Å². The van der Waals surface area contributed by atoms with Gasteiger partial charge in [-0.15, -0.1) is 0 Å². The number of amides is 3. The minimum Gasteiger partial charge on any atom is -0.496 e. The Hall–Kier alpha value is -5.58. The fourth-order valence-electron chi connectivity index (χ4n) is 5.57. The zero-order valence-electron chi connectivity index (χ0n) is 25.5. The van der Waals surface area contributed by atoms with Gasteiger partial charge < -0.3 is 34.5 Å². The predicted molar refractivity (Wildman–Crippen MR) is 169 cm³/mol. The van der Waals surface area contributed by atoms with Gasteiger partial charge in [0.2, 0.25) is 5.88 Å². The van der Waals surface area contributed by atoms with E-state index in [1.807, 2.05) is 36.4 Å². The van der Waals surface area contributed by atoms with Crippen molar-refractivity contribution < 1.29 is 33.3 Å². The Balaban J connectivity index is 1.33. The zero-order chi connectivity index (χ0) is 32.0. The van der Waals surface area contributed by atoms with E-state index in [0.29, 0.717) is 59.3 Å². The van der Waals surface area contributed by atoms with E-state index in [1.54, 1.807) is 54.5 Å². The lowest BCUT2D eigenvalue weighted by Crippen LogP contribution is -2.58. The van der Waals surface area contributed by atoms with Gasteiger partial charge in [-0.05, 0) is 59.7 Å². The summed E-state index contributed by atoms with van der Waals surface area (Å²) in [7, 11) is 3.06. The summed E-state index contributed by atoms with van der Waals surface area (Å²) in [6.45, 7) is 0.828. The third kappa shape index (κ3) is 6.88. The first-order chi connectivity index (χ1) is 22.4. The van der Waals surface area contributed by atoms with Crippen molar-refractivity contribution in [1.82, 2.24) is 20.5 Å². The third-order valence-electron chi connectivity index (χ3n) is 8.02. The van der Waals surface area contributed by atoms with Gasteiger partial charge in [0.25, 0.3) is 17.7 Å². The van der Waals surface area contributed by atoms with Crippen LogP contribution in [0.1, 0.15) is 32.7 Å². The molecule has 0 saturated carbocycles. The van der Waals surface area contributed by atoms with Crippen LogP contribution in [-0.2, 0) is 11.3 Å². The van der Waals surface area contributed by atoms with E-state index in [0.717, 1.165) is 11.1 Å². The first kappa shape index (κ1) is 30.4. The van der Waals surface area contributed by atoms with Crippen LogP contribution in [-0.4, -0.2) is 73.7 Å². The van der Waals surface area contributed by atoms with Crippen LogP contribution in [0.2, 0.25) is 0 Å². The van der Waals surface area contributed by atoms with Crippen molar-refractivity contribution in [3.63, 3.8) is 0 Å². The molecular weight excluding hydrogens is 588 g/mol. The van der Waals surface area contributed by atoms with Crippen molar-refractivity contribution in [2.45, 2.75) is 25.1 Å². The number of rotatable bonds is 3. The molecule has 3 aliphatic heterocycles. The summed E-state index contributed by atoms with van der Waals surface area (Å²) < 4.78 is 23.0. The van der Waals surface area contributed by atoms with Crippen molar-refractivity contribution in [1.29, 1.82) is 0 Å². The molecule has 236 valence electrons. The van der Waals surface area contributed by atoms with Gasteiger partial charge in [0.15, 0.2) is 6.61 Å². The van der Waals surface area contributed by atoms with Crippen LogP contribution in [0.15, 0.2) is 85.1 Å². The average molecular weight is 623 g/mol. The lowest BCUT2D eigenvalue weighted by atomic mass is 9.98. The minimum atomic E-state index is -0.527. The average Bonchev–Trinajstić information content (AvgIpc) is 3.10. The second-order valence-electron chi connectivity index (χ2n) is 11.0. The standard InChI is InChI=1S/C35H34N4O7/c1-43-30-11-8-24-17-28(30)23-4-3-5-27(16-23)45-21-32(40)37-19-22-6-9-26(10-7-22)46-31-13-15-39(20-29(31)38-34(24)41)35(42)25-12-14-36-33(18-25)44-2/h3-12,14,16-18,29,31H,13,15,19-21H2,1-2H3,(H,37,40)(H,38,41)/t29-,31-/m1/s1. The summed E-state index contributed by atoms with van der Waals surface area (Å²) in [5.74, 6) is 1.25. The van der Waals surface area contributed by atoms with Crippen LogP contribution in [0.4, 0.5) is 0 Å². The summed E-state index contributed by atoms with van der Waals surface area (Å²) in [5, 5.41) is 6.02. The van der Waals surface area contributed by atoms with E-state index >= 15 is 0 Å². The van der Waals surface area contributed by atoms with Crippen molar-refractivity contribution in [2.24, 2.45) is 0 Å². The van der Waals surface area contributed by atoms with E-state index in [2.05, 4.69) is 15.6 Å². The minimum absolute atomic E-state index is 0.151. The summed E-state index contributed by atoms with van der Waals surface area (Å²) in [5.41, 5.74) is 3.17. The molecule has 6 bridgehead atoms. The Morgan fingerprint density at radius 1 is 0.935 bits per heavy atom. The monoisotopic (exact) mass is 622 g/mol. The number of ether oxygens (including phenoxy) is 4. The molecule has 1 saturated heterocycles. The molecule has 0 unspecified atom stereocenters. The molecule has 0 spiro atoms. The van der Waals surface area contributed by atoms with Gasteiger partial charge in [0.1, 0.15) is 23.4 Å². The number of carbonyl (C=O) groups excluding carboxylic acids is 3. The molecule has 11 nitrogen and oxygen atoms in total. The lowest BCUT2D eigenvalue weighted by Gasteiger charge is -2.39. The molecule has 1 fully saturated rings. The summed E-state index contributed by atoms with van der Waals surface area (Å²) >= 11 is 0. The Morgan fingerprint density at radius 2 is 1.78 bits per heavy atom. The molecule has 1 aromatic heterocycles. The Kier molecular flexibility index (Phi) is 9.00. The number of fused-ring (bicyclic) bond motifs is 7. The number of piperidine rings is 1. The van der Waals surface area contributed by atoms with E-state index in [-0.39, 0.29) is 30.9 Å². The summed E-state index contributed by atoms with van der Waals surface area (Å²) in [6, 6.07) is 22.6. The number of pyridine rings is 1. The van der Waals surface area contributed by atoms with Gasteiger partial charge in [-0.2, -0.15) is 0 Å². The van der Waals surface area contributed by atoms with Gasteiger partial charge in [-0.3, -0.25) is 14.4 Å². The molecule has 3 aromatic carbocycles. The van der Waals surface area contributed by atoms with Gasteiger partial charge >= 0.3 is 0 Å². The number of nitrogens with one attached hydrogen (secondary N) is 2. The quantitative estimate of drug-likeness (QED) is 0.353. The summed E-state index contributed by atoms with van der Waals surface area (Å²) in [6.07, 6.45) is 1.60. The smallest absolute Gasteiger partial charge is 0.258 e. The Morgan fingerprint density at radius 3 is 2.59 bits per heavy atom. The second-order valence-corrected chi connectivity index (χ2v) is 11.0. The van der Waals surface area contributed by atoms with Gasteiger partial charge in [-0.1, -0.05) is 24.3 Å². The number of nitrogens with zero attached hydrogens (tertiary/aromatic N) is 2. The normalized spacial score (nSPS) is 18.2. The second kappa shape index (κ2) is 13.6. The highest BCUT2D eigenvalue weighted by Gasteiger charge is 2.35. The molecule has 3 amide bonds. The Labute approximate surface area is 266 Å². The van der Waals surface area contributed by atoms with Crippen molar-refractivity contribution >= 4 is 17.7 Å². The van der Waals surface area contributed by atoms with E-state index in [9.17, 15) is 14.4 Å². The fourth-order valence-corrected chi connectivity index (χ4v) is 5.57. The maximum Gasteiger partial charge on any atom is 0.258 e. The number of hydrogen-bond acceptors (Lipinski definition) is 8. The van der Waals surface area contributed by atoms with Crippen LogP contribution in [0, 0.1) is 0 Å². The molecule has 0 aliphatic carbocycles. The van der Waals surface area contributed by atoms with E-state index in [1.165, 1.54) is 13.3 Å². The first-order valence-electron chi connectivity index (χ1n) is 14.9. The number of aromatic nitrogens is 1. The topological polar surface area (TPSA) is 128 Å². The van der Waals surface area contributed by atoms with Crippen molar-refractivity contribution in [2.75, 3.05) is 33.9 Å². The highest BCUT2D eigenvalue weighted by atomic mass is 16.5.